The normalized spacial score (nSPS) is 22.9. The largest absolute Gasteiger partial charge is 0.429 e. The Labute approximate surface area is 199 Å². The summed E-state index contributed by atoms with van der Waals surface area (Å²) in [5, 5.41) is 16.8. The number of aryl methyl sites for hydroxylation is 1. The minimum Gasteiger partial charge on any atom is -0.429 e. The number of carbonyl (C=O) groups is 3. The van der Waals surface area contributed by atoms with Crippen LogP contribution in [0.25, 0.3) is 0 Å². The third kappa shape index (κ3) is 5.63. The van der Waals surface area contributed by atoms with E-state index in [1.165, 1.54) is 0 Å². The van der Waals surface area contributed by atoms with Crippen LogP contribution in [-0.2, 0) is 15.2 Å². The van der Waals surface area contributed by atoms with E-state index in [0.29, 0.717) is 36.7 Å². The molecule has 0 bridgehead atoms. The number of hydrogen-bond acceptors (Lipinski definition) is 6. The van der Waals surface area contributed by atoms with Gasteiger partial charge in [-0.3, -0.25) is 19.3 Å². The van der Waals surface area contributed by atoms with E-state index in [-0.39, 0.29) is 24.4 Å². The first-order valence-electron chi connectivity index (χ1n) is 11.7. The van der Waals surface area contributed by atoms with Gasteiger partial charge in [0.2, 0.25) is 5.91 Å². The Bertz CT molecular complexity index is 1020. The Morgan fingerprint density at radius 3 is 2.50 bits per heavy atom. The molecule has 0 aromatic heterocycles. The predicted molar refractivity (Wildman–Crippen MR) is 126 cm³/mol. The minimum absolute atomic E-state index is 0.0452. The van der Waals surface area contributed by atoms with Crippen molar-refractivity contribution < 1.29 is 24.2 Å². The molecule has 2 amide bonds. The molecule has 1 aliphatic heterocycles. The van der Waals surface area contributed by atoms with Crippen LogP contribution < -0.4 is 15.4 Å². The van der Waals surface area contributed by atoms with Gasteiger partial charge < -0.3 is 20.5 Å². The summed E-state index contributed by atoms with van der Waals surface area (Å²) >= 11 is 0. The van der Waals surface area contributed by atoms with E-state index >= 15 is 0 Å². The van der Waals surface area contributed by atoms with Gasteiger partial charge in [-0.05, 0) is 62.4 Å². The first-order valence-corrected chi connectivity index (χ1v) is 11.7. The number of likely N-dealkylation sites (tertiary alicyclic amines) is 1. The zero-order chi connectivity index (χ0) is 24.1. The zero-order valence-corrected chi connectivity index (χ0v) is 19.3. The summed E-state index contributed by atoms with van der Waals surface area (Å²) in [6, 6.07) is 14.7. The van der Waals surface area contributed by atoms with Gasteiger partial charge in [-0.1, -0.05) is 29.8 Å². The Morgan fingerprint density at radius 1 is 1.15 bits per heavy atom. The lowest BCUT2D eigenvalue weighted by Crippen LogP contribution is -2.63. The summed E-state index contributed by atoms with van der Waals surface area (Å²) in [5.41, 5.74) is 1.51. The van der Waals surface area contributed by atoms with E-state index in [1.54, 1.807) is 24.3 Å². The molecule has 4 rings (SSSR count). The molecule has 1 heterocycles. The third-order valence-corrected chi connectivity index (χ3v) is 6.84. The highest BCUT2D eigenvalue weighted by molar-refractivity contribution is 5.96. The lowest BCUT2D eigenvalue weighted by molar-refractivity contribution is -0.122. The SMILES string of the molecule is Cc1cccc(C(=O)NCC(=O)NC2CN(C3CCC(O)(c4ccc(OC=O)cc4)CC3)C2)c1. The highest BCUT2D eigenvalue weighted by Crippen LogP contribution is 2.39. The third-order valence-electron chi connectivity index (χ3n) is 6.84. The second-order valence-electron chi connectivity index (χ2n) is 9.27. The molecule has 2 aliphatic rings. The van der Waals surface area contributed by atoms with Crippen LogP contribution in [0.4, 0.5) is 0 Å². The number of ether oxygens (including phenoxy) is 1. The Hall–Kier alpha value is -3.23. The van der Waals surface area contributed by atoms with E-state index < -0.39 is 5.60 Å². The molecule has 34 heavy (non-hydrogen) atoms. The summed E-state index contributed by atoms with van der Waals surface area (Å²) in [6.45, 7) is 3.81. The second-order valence-corrected chi connectivity index (χ2v) is 9.27. The van der Waals surface area contributed by atoms with Gasteiger partial charge in [0, 0.05) is 24.7 Å². The van der Waals surface area contributed by atoms with Crippen LogP contribution in [0.3, 0.4) is 0 Å². The van der Waals surface area contributed by atoms with Gasteiger partial charge in [0.25, 0.3) is 12.4 Å². The topological polar surface area (TPSA) is 108 Å². The van der Waals surface area contributed by atoms with Gasteiger partial charge in [-0.25, -0.2) is 0 Å². The monoisotopic (exact) mass is 465 g/mol. The van der Waals surface area contributed by atoms with E-state index in [0.717, 1.165) is 37.1 Å². The minimum atomic E-state index is -0.871. The molecule has 2 fully saturated rings. The van der Waals surface area contributed by atoms with Crippen molar-refractivity contribution in [3.8, 4) is 5.75 Å². The zero-order valence-electron chi connectivity index (χ0n) is 19.3. The molecule has 2 aromatic carbocycles. The summed E-state index contributed by atoms with van der Waals surface area (Å²) in [5.74, 6) is 0.0137. The van der Waals surface area contributed by atoms with E-state index in [2.05, 4.69) is 15.5 Å². The average molecular weight is 466 g/mol. The maximum absolute atomic E-state index is 12.2. The molecular formula is C26H31N3O5. The number of hydrogen-bond donors (Lipinski definition) is 3. The number of carbonyl (C=O) groups excluding carboxylic acids is 3. The van der Waals surface area contributed by atoms with Gasteiger partial charge in [0.1, 0.15) is 5.75 Å². The molecule has 180 valence electrons. The first-order chi connectivity index (χ1) is 16.4. The van der Waals surface area contributed by atoms with Gasteiger partial charge in [-0.2, -0.15) is 0 Å². The van der Waals surface area contributed by atoms with Crippen molar-refractivity contribution >= 4 is 18.3 Å². The molecule has 2 aromatic rings. The number of amides is 2. The molecule has 0 radical (unpaired) electrons. The molecule has 8 heteroatoms. The standard InChI is InChI=1S/C26H31N3O5/c1-18-3-2-4-19(13-18)25(32)27-14-24(31)28-21-15-29(16-21)22-9-11-26(33,12-10-22)20-5-7-23(8-6-20)34-17-30/h2-8,13,17,21-22,33H,9-12,14-16H2,1H3,(H,27,32)(H,28,31). The van der Waals surface area contributed by atoms with Crippen LogP contribution in [0.5, 0.6) is 5.75 Å². The Morgan fingerprint density at radius 2 is 1.85 bits per heavy atom. The van der Waals surface area contributed by atoms with Crippen molar-refractivity contribution in [3.63, 3.8) is 0 Å². The number of rotatable bonds is 8. The number of nitrogens with zero attached hydrogens (tertiary/aromatic N) is 1. The fourth-order valence-electron chi connectivity index (χ4n) is 4.86. The molecule has 8 nitrogen and oxygen atoms in total. The van der Waals surface area contributed by atoms with Crippen LogP contribution in [-0.4, -0.2) is 60.0 Å². The smallest absolute Gasteiger partial charge is 0.298 e. The van der Waals surface area contributed by atoms with Gasteiger partial charge in [0.05, 0.1) is 18.2 Å². The lowest BCUT2D eigenvalue weighted by atomic mass is 9.76. The molecule has 3 N–H and O–H groups in total. The highest BCUT2D eigenvalue weighted by Gasteiger charge is 2.40. The van der Waals surface area contributed by atoms with Crippen molar-refractivity contribution in [1.29, 1.82) is 0 Å². The first kappa shape index (κ1) is 23.9. The van der Waals surface area contributed by atoms with Crippen molar-refractivity contribution in [2.45, 2.75) is 50.3 Å². The van der Waals surface area contributed by atoms with Gasteiger partial charge >= 0.3 is 0 Å². The van der Waals surface area contributed by atoms with Crippen molar-refractivity contribution in [3.05, 3.63) is 65.2 Å². The number of benzene rings is 2. The van der Waals surface area contributed by atoms with Crippen LogP contribution >= 0.6 is 0 Å². The van der Waals surface area contributed by atoms with E-state index in [9.17, 15) is 19.5 Å². The second kappa shape index (κ2) is 10.4. The molecule has 1 saturated heterocycles. The number of aliphatic hydroxyl groups is 1. The Balaban J connectivity index is 1.17. The van der Waals surface area contributed by atoms with Crippen LogP contribution in [0.1, 0.15) is 47.2 Å². The molecular weight excluding hydrogens is 434 g/mol. The molecule has 1 saturated carbocycles. The van der Waals surface area contributed by atoms with E-state index in [4.69, 9.17) is 4.74 Å². The van der Waals surface area contributed by atoms with Crippen LogP contribution in [0.2, 0.25) is 0 Å². The maximum Gasteiger partial charge on any atom is 0.298 e. The maximum atomic E-state index is 12.2. The fourth-order valence-corrected chi connectivity index (χ4v) is 4.86. The molecule has 0 spiro atoms. The average Bonchev–Trinajstić information content (AvgIpc) is 2.81. The molecule has 0 atom stereocenters. The number of nitrogens with one attached hydrogen (secondary N) is 2. The molecule has 0 unspecified atom stereocenters. The van der Waals surface area contributed by atoms with E-state index in [1.807, 2.05) is 31.2 Å². The van der Waals surface area contributed by atoms with Gasteiger partial charge in [0.15, 0.2) is 0 Å². The van der Waals surface area contributed by atoms with Crippen molar-refractivity contribution in [2.24, 2.45) is 0 Å². The van der Waals surface area contributed by atoms with Crippen LogP contribution in [0, 0.1) is 6.92 Å². The lowest BCUT2D eigenvalue weighted by Gasteiger charge is -2.48. The van der Waals surface area contributed by atoms with Gasteiger partial charge in [-0.15, -0.1) is 0 Å². The summed E-state index contributed by atoms with van der Waals surface area (Å²) < 4.78 is 4.82. The predicted octanol–water partition coefficient (Wildman–Crippen LogP) is 1.89. The summed E-state index contributed by atoms with van der Waals surface area (Å²) in [7, 11) is 0. The summed E-state index contributed by atoms with van der Waals surface area (Å²) in [4.78, 5) is 37.2. The van der Waals surface area contributed by atoms with Crippen molar-refractivity contribution in [1.82, 2.24) is 15.5 Å². The fraction of sp³-hybridized carbons (Fsp3) is 0.423. The molecule has 1 aliphatic carbocycles. The van der Waals surface area contributed by atoms with Crippen molar-refractivity contribution in [2.75, 3.05) is 19.6 Å². The summed E-state index contributed by atoms with van der Waals surface area (Å²) in [6.07, 6.45) is 3.06. The van der Waals surface area contributed by atoms with Crippen LogP contribution in [0.15, 0.2) is 48.5 Å². The Kier molecular flexibility index (Phi) is 7.29. The highest BCUT2D eigenvalue weighted by atomic mass is 16.5. The quantitative estimate of drug-likeness (QED) is 0.514.